The molecule has 1 unspecified atom stereocenters. The maximum Gasteiger partial charge on any atom is 0.244 e. The van der Waals surface area contributed by atoms with Crippen LogP contribution in [-0.4, -0.2) is 33.9 Å². The zero-order valence-corrected chi connectivity index (χ0v) is 12.3. The van der Waals surface area contributed by atoms with Gasteiger partial charge in [-0.3, -0.25) is 10.1 Å². The molecule has 4 rings (SSSR count). The van der Waals surface area contributed by atoms with Crippen molar-refractivity contribution in [3.05, 3.63) is 53.4 Å². The summed E-state index contributed by atoms with van der Waals surface area (Å²) in [6.07, 6.45) is 3.17. The number of amides is 1. The van der Waals surface area contributed by atoms with Crippen LogP contribution in [-0.2, 0) is 17.9 Å². The highest BCUT2D eigenvalue weighted by Gasteiger charge is 2.33. The molecular weight excluding hydrogens is 299 g/mol. The zero-order chi connectivity index (χ0) is 15.8. The number of halogens is 1. The minimum atomic E-state index is -0.437. The van der Waals surface area contributed by atoms with Gasteiger partial charge in [-0.15, -0.1) is 0 Å². The van der Waals surface area contributed by atoms with E-state index in [0.717, 1.165) is 16.8 Å². The Kier molecular flexibility index (Phi) is 3.42. The number of carbonyl (C=O) groups is 1. The lowest BCUT2D eigenvalue weighted by Crippen LogP contribution is -2.39. The normalized spacial score (nSPS) is 19.5. The molecule has 2 aromatic rings. The summed E-state index contributed by atoms with van der Waals surface area (Å²) >= 11 is 0. The summed E-state index contributed by atoms with van der Waals surface area (Å²) in [5, 5.41) is 3.18. The topological polar surface area (TPSA) is 67.4 Å². The average Bonchev–Trinajstić information content (AvgIpc) is 2.88. The van der Waals surface area contributed by atoms with Crippen molar-refractivity contribution in [1.82, 2.24) is 20.2 Å². The van der Waals surface area contributed by atoms with Gasteiger partial charge in [-0.25, -0.2) is 14.4 Å². The molecule has 23 heavy (non-hydrogen) atoms. The maximum atomic E-state index is 13.3. The number of hydrogen-bond donors (Lipinski definition) is 1. The van der Waals surface area contributed by atoms with E-state index in [-0.39, 0.29) is 11.7 Å². The van der Waals surface area contributed by atoms with E-state index in [1.165, 1.54) is 18.5 Å². The molecule has 0 saturated carbocycles. The SMILES string of the molecule is O=C(C1NCc2ncncc21)N1CCOc2cc(F)ccc2C1. The molecule has 0 spiro atoms. The Bertz CT molecular complexity index is 767. The Balaban J connectivity index is 1.59. The molecule has 1 aromatic carbocycles. The highest BCUT2D eigenvalue weighted by molar-refractivity contribution is 5.84. The van der Waals surface area contributed by atoms with Gasteiger partial charge in [-0.1, -0.05) is 6.07 Å². The van der Waals surface area contributed by atoms with Gasteiger partial charge < -0.3 is 9.64 Å². The molecule has 0 bridgehead atoms. The van der Waals surface area contributed by atoms with Crippen molar-refractivity contribution in [3.8, 4) is 5.75 Å². The van der Waals surface area contributed by atoms with Crippen molar-refractivity contribution in [2.24, 2.45) is 0 Å². The van der Waals surface area contributed by atoms with Crippen molar-refractivity contribution in [3.63, 3.8) is 0 Å². The Labute approximate surface area is 132 Å². The standard InChI is InChI=1S/C16H15FN4O2/c17-11-2-1-10-8-21(3-4-23-14(10)5-11)16(22)15-12-6-18-9-20-13(12)7-19-15/h1-2,5-6,9,15,19H,3-4,7-8H2. The van der Waals surface area contributed by atoms with Crippen LogP contribution in [0.2, 0.25) is 0 Å². The number of fused-ring (bicyclic) bond motifs is 2. The summed E-state index contributed by atoms with van der Waals surface area (Å²) in [7, 11) is 0. The highest BCUT2D eigenvalue weighted by Crippen LogP contribution is 2.28. The van der Waals surface area contributed by atoms with Gasteiger partial charge in [0.2, 0.25) is 5.91 Å². The summed E-state index contributed by atoms with van der Waals surface area (Å²) in [5.41, 5.74) is 2.48. The van der Waals surface area contributed by atoms with E-state index >= 15 is 0 Å². The van der Waals surface area contributed by atoms with Gasteiger partial charge in [0.1, 0.15) is 30.5 Å². The van der Waals surface area contributed by atoms with E-state index in [0.29, 0.717) is 32.0 Å². The van der Waals surface area contributed by atoms with Gasteiger partial charge >= 0.3 is 0 Å². The first-order valence-electron chi connectivity index (χ1n) is 7.44. The van der Waals surface area contributed by atoms with Gasteiger partial charge in [0.05, 0.1) is 12.2 Å². The van der Waals surface area contributed by atoms with Crippen LogP contribution in [0.5, 0.6) is 5.75 Å². The molecule has 1 N–H and O–H groups in total. The Morgan fingerprint density at radius 2 is 2.35 bits per heavy atom. The van der Waals surface area contributed by atoms with Gasteiger partial charge in [-0.2, -0.15) is 0 Å². The number of carbonyl (C=O) groups excluding carboxylic acids is 1. The minimum absolute atomic E-state index is 0.0423. The van der Waals surface area contributed by atoms with Crippen LogP contribution in [0.3, 0.4) is 0 Å². The van der Waals surface area contributed by atoms with Gasteiger partial charge in [0.25, 0.3) is 0 Å². The predicted molar refractivity (Wildman–Crippen MR) is 78.9 cm³/mol. The van der Waals surface area contributed by atoms with Crippen molar-refractivity contribution in [2.45, 2.75) is 19.1 Å². The number of rotatable bonds is 1. The van der Waals surface area contributed by atoms with Crippen LogP contribution in [0.25, 0.3) is 0 Å². The number of ether oxygens (including phenoxy) is 1. The van der Waals surface area contributed by atoms with Crippen LogP contribution in [0.1, 0.15) is 22.9 Å². The molecule has 118 valence electrons. The van der Waals surface area contributed by atoms with Crippen LogP contribution in [0, 0.1) is 5.82 Å². The molecule has 7 heteroatoms. The van der Waals surface area contributed by atoms with E-state index in [1.807, 2.05) is 0 Å². The summed E-state index contributed by atoms with van der Waals surface area (Å²) in [4.78, 5) is 22.8. The van der Waals surface area contributed by atoms with E-state index < -0.39 is 6.04 Å². The first-order valence-corrected chi connectivity index (χ1v) is 7.44. The van der Waals surface area contributed by atoms with Crippen LogP contribution < -0.4 is 10.1 Å². The van der Waals surface area contributed by atoms with E-state index in [4.69, 9.17) is 4.74 Å². The van der Waals surface area contributed by atoms with Crippen molar-refractivity contribution >= 4 is 5.91 Å². The average molecular weight is 314 g/mol. The number of nitrogens with one attached hydrogen (secondary N) is 1. The first-order chi connectivity index (χ1) is 11.2. The van der Waals surface area contributed by atoms with E-state index in [1.54, 1.807) is 17.2 Å². The molecule has 0 fully saturated rings. The maximum absolute atomic E-state index is 13.3. The third kappa shape index (κ3) is 2.53. The number of benzene rings is 1. The van der Waals surface area contributed by atoms with Crippen LogP contribution in [0.4, 0.5) is 4.39 Å². The van der Waals surface area contributed by atoms with Crippen molar-refractivity contribution < 1.29 is 13.9 Å². The molecule has 3 heterocycles. The van der Waals surface area contributed by atoms with Crippen molar-refractivity contribution in [1.29, 1.82) is 0 Å². The smallest absolute Gasteiger partial charge is 0.244 e. The van der Waals surface area contributed by atoms with Crippen molar-refractivity contribution in [2.75, 3.05) is 13.2 Å². The second-order valence-corrected chi connectivity index (χ2v) is 5.60. The summed E-state index contributed by atoms with van der Waals surface area (Å²) in [5.74, 6) is 0.120. The van der Waals surface area contributed by atoms with Crippen LogP contribution in [0.15, 0.2) is 30.7 Å². The van der Waals surface area contributed by atoms with Gasteiger partial charge in [0, 0.05) is 36.5 Å². The Morgan fingerprint density at radius 3 is 3.26 bits per heavy atom. The molecule has 6 nitrogen and oxygen atoms in total. The summed E-state index contributed by atoms with van der Waals surface area (Å²) in [6, 6.07) is 3.97. The molecule has 0 aliphatic carbocycles. The number of hydrogen-bond acceptors (Lipinski definition) is 5. The molecule has 0 saturated heterocycles. The third-order valence-electron chi connectivity index (χ3n) is 4.18. The lowest BCUT2D eigenvalue weighted by atomic mass is 10.1. The molecule has 2 aliphatic heterocycles. The fourth-order valence-corrected chi connectivity index (χ4v) is 3.00. The third-order valence-corrected chi connectivity index (χ3v) is 4.18. The monoisotopic (exact) mass is 314 g/mol. The van der Waals surface area contributed by atoms with Gasteiger partial charge in [0.15, 0.2) is 0 Å². The summed E-state index contributed by atoms with van der Waals surface area (Å²) < 4.78 is 18.9. The molecule has 1 amide bonds. The number of aromatic nitrogens is 2. The Hall–Kier alpha value is -2.54. The minimum Gasteiger partial charge on any atom is -0.491 e. The second kappa shape index (κ2) is 5.58. The molecule has 2 aliphatic rings. The molecule has 1 atom stereocenters. The predicted octanol–water partition coefficient (Wildman–Crippen LogP) is 1.18. The first kappa shape index (κ1) is 14.1. The second-order valence-electron chi connectivity index (χ2n) is 5.60. The molecule has 0 radical (unpaired) electrons. The molecular formula is C16H15FN4O2. The van der Waals surface area contributed by atoms with E-state index in [9.17, 15) is 9.18 Å². The zero-order valence-electron chi connectivity index (χ0n) is 12.3. The Morgan fingerprint density at radius 1 is 1.43 bits per heavy atom. The fourth-order valence-electron chi connectivity index (χ4n) is 3.00. The van der Waals surface area contributed by atoms with E-state index in [2.05, 4.69) is 15.3 Å². The quantitative estimate of drug-likeness (QED) is 0.856. The highest BCUT2D eigenvalue weighted by atomic mass is 19.1. The lowest BCUT2D eigenvalue weighted by molar-refractivity contribution is -0.134. The fraction of sp³-hybridized carbons (Fsp3) is 0.312. The summed E-state index contributed by atoms with van der Waals surface area (Å²) in [6.45, 7) is 1.75. The molecule has 1 aromatic heterocycles. The van der Waals surface area contributed by atoms with Gasteiger partial charge in [-0.05, 0) is 6.07 Å². The van der Waals surface area contributed by atoms with Crippen LogP contribution >= 0.6 is 0 Å². The lowest BCUT2D eigenvalue weighted by Gasteiger charge is -2.23. The number of nitrogens with zero attached hydrogens (tertiary/aromatic N) is 3. The largest absolute Gasteiger partial charge is 0.491 e.